The van der Waals surface area contributed by atoms with Gasteiger partial charge in [-0.2, -0.15) is 0 Å². The van der Waals surface area contributed by atoms with Crippen LogP contribution >= 0.6 is 23.7 Å². The first-order chi connectivity index (χ1) is 13.6. The van der Waals surface area contributed by atoms with Crippen molar-refractivity contribution in [2.75, 3.05) is 38.7 Å². The standard InChI is InChI=1S/C22H25N3O2S.ClH/c1-24(2)14-9-15-25(21(26)16-27-19-12-7-4-8-13-19)22-23-20(17-28-22)18-10-5-3-6-11-18;/h3-8,10-13,17H,9,14-16H2,1-2H3;1H. The molecule has 29 heavy (non-hydrogen) atoms. The fourth-order valence-electron chi connectivity index (χ4n) is 2.74. The van der Waals surface area contributed by atoms with Gasteiger partial charge in [-0.3, -0.25) is 9.69 Å². The lowest BCUT2D eigenvalue weighted by atomic mass is 10.2. The highest BCUT2D eigenvalue weighted by molar-refractivity contribution is 7.14. The minimum atomic E-state index is -0.0865. The van der Waals surface area contributed by atoms with Gasteiger partial charge < -0.3 is 9.64 Å². The van der Waals surface area contributed by atoms with Gasteiger partial charge in [-0.1, -0.05) is 48.5 Å². The van der Waals surface area contributed by atoms with Gasteiger partial charge >= 0.3 is 0 Å². The number of carbonyl (C=O) groups is 1. The summed E-state index contributed by atoms with van der Waals surface area (Å²) in [6, 6.07) is 19.4. The van der Waals surface area contributed by atoms with Crippen molar-refractivity contribution in [3.8, 4) is 17.0 Å². The molecule has 154 valence electrons. The van der Waals surface area contributed by atoms with Gasteiger partial charge in [0.25, 0.3) is 5.91 Å². The Morgan fingerprint density at radius 2 is 1.66 bits per heavy atom. The van der Waals surface area contributed by atoms with Crippen LogP contribution in [0.5, 0.6) is 5.75 Å². The van der Waals surface area contributed by atoms with E-state index in [1.807, 2.05) is 80.1 Å². The van der Waals surface area contributed by atoms with Crippen LogP contribution in [0.1, 0.15) is 6.42 Å². The quantitative estimate of drug-likeness (QED) is 0.497. The maximum absolute atomic E-state index is 12.9. The minimum absolute atomic E-state index is 0. The Bertz CT molecular complexity index is 872. The number of hydrogen-bond acceptors (Lipinski definition) is 5. The Kier molecular flexibility index (Phi) is 9.12. The molecule has 1 aromatic heterocycles. The average molecular weight is 432 g/mol. The summed E-state index contributed by atoms with van der Waals surface area (Å²) in [6.07, 6.45) is 0.865. The first kappa shape index (κ1) is 22.9. The molecule has 0 N–H and O–H groups in total. The van der Waals surface area contributed by atoms with Gasteiger partial charge in [0.15, 0.2) is 11.7 Å². The molecule has 1 heterocycles. The number of amides is 1. The van der Waals surface area contributed by atoms with E-state index >= 15 is 0 Å². The molecule has 0 saturated heterocycles. The molecule has 3 aromatic rings. The summed E-state index contributed by atoms with van der Waals surface area (Å²) in [5.41, 5.74) is 1.93. The topological polar surface area (TPSA) is 45.7 Å². The number of para-hydroxylation sites is 1. The molecule has 0 fully saturated rings. The smallest absolute Gasteiger partial charge is 0.266 e. The van der Waals surface area contributed by atoms with Crippen LogP contribution in [-0.2, 0) is 4.79 Å². The molecule has 0 spiro atoms. The van der Waals surface area contributed by atoms with E-state index in [4.69, 9.17) is 9.72 Å². The summed E-state index contributed by atoms with van der Waals surface area (Å²) in [5.74, 6) is 0.602. The molecule has 0 aliphatic carbocycles. The predicted molar refractivity (Wildman–Crippen MR) is 122 cm³/mol. The van der Waals surface area contributed by atoms with E-state index in [1.54, 1.807) is 4.90 Å². The van der Waals surface area contributed by atoms with Crippen LogP contribution in [0.15, 0.2) is 66.0 Å². The van der Waals surface area contributed by atoms with Crippen LogP contribution in [0.2, 0.25) is 0 Å². The molecule has 0 saturated carbocycles. The first-order valence-corrected chi connectivity index (χ1v) is 10.2. The monoisotopic (exact) mass is 431 g/mol. The number of aromatic nitrogens is 1. The SMILES string of the molecule is CN(C)CCCN(C(=O)COc1ccccc1)c1nc(-c2ccccc2)cs1.Cl. The summed E-state index contributed by atoms with van der Waals surface area (Å²) in [4.78, 5) is 21.5. The third-order valence-corrected chi connectivity index (χ3v) is 5.05. The molecular formula is C22H26ClN3O2S. The average Bonchev–Trinajstić information content (AvgIpc) is 3.20. The highest BCUT2D eigenvalue weighted by Gasteiger charge is 2.20. The third kappa shape index (κ3) is 6.85. The van der Waals surface area contributed by atoms with Crippen LogP contribution in [0.25, 0.3) is 11.3 Å². The predicted octanol–water partition coefficient (Wildman–Crippen LogP) is 4.60. The zero-order chi connectivity index (χ0) is 19.8. The van der Waals surface area contributed by atoms with Crippen molar-refractivity contribution in [2.24, 2.45) is 0 Å². The van der Waals surface area contributed by atoms with Gasteiger partial charge in [0.2, 0.25) is 0 Å². The van der Waals surface area contributed by atoms with Gasteiger partial charge in [0.1, 0.15) is 5.75 Å². The fourth-order valence-corrected chi connectivity index (χ4v) is 3.62. The second-order valence-electron chi connectivity index (χ2n) is 6.69. The molecule has 0 aliphatic rings. The Morgan fingerprint density at radius 3 is 2.31 bits per heavy atom. The van der Waals surface area contributed by atoms with Gasteiger partial charge in [-0.05, 0) is 39.2 Å². The lowest BCUT2D eigenvalue weighted by Gasteiger charge is -2.21. The molecule has 5 nitrogen and oxygen atoms in total. The number of ether oxygens (including phenoxy) is 1. The van der Waals surface area contributed by atoms with Gasteiger partial charge in [0, 0.05) is 17.5 Å². The molecule has 0 bridgehead atoms. The fraction of sp³-hybridized carbons (Fsp3) is 0.273. The number of hydrogen-bond donors (Lipinski definition) is 0. The number of rotatable bonds is 9. The lowest BCUT2D eigenvalue weighted by molar-refractivity contribution is -0.120. The molecule has 3 rings (SSSR count). The van der Waals surface area contributed by atoms with E-state index < -0.39 is 0 Å². The number of nitrogens with zero attached hydrogens (tertiary/aromatic N) is 3. The molecule has 2 aromatic carbocycles. The molecular weight excluding hydrogens is 406 g/mol. The van der Waals surface area contributed by atoms with Crippen molar-refractivity contribution in [3.63, 3.8) is 0 Å². The van der Waals surface area contributed by atoms with Crippen LogP contribution in [-0.4, -0.2) is 49.6 Å². The van der Waals surface area contributed by atoms with E-state index in [-0.39, 0.29) is 24.9 Å². The summed E-state index contributed by atoms with van der Waals surface area (Å²) >= 11 is 1.49. The van der Waals surface area contributed by atoms with Crippen molar-refractivity contribution in [1.82, 2.24) is 9.88 Å². The zero-order valence-electron chi connectivity index (χ0n) is 16.7. The Hall–Kier alpha value is -2.41. The summed E-state index contributed by atoms with van der Waals surface area (Å²) < 4.78 is 5.66. The molecule has 0 aliphatic heterocycles. The van der Waals surface area contributed by atoms with E-state index in [0.717, 1.165) is 24.2 Å². The Balaban J connectivity index is 0.00000300. The number of halogens is 1. The Morgan fingerprint density at radius 1 is 1.00 bits per heavy atom. The number of anilines is 1. The second kappa shape index (κ2) is 11.6. The summed E-state index contributed by atoms with van der Waals surface area (Å²) in [6.45, 7) is 1.50. The molecule has 7 heteroatoms. The van der Waals surface area contributed by atoms with Crippen molar-refractivity contribution in [2.45, 2.75) is 6.42 Å². The van der Waals surface area contributed by atoms with Crippen LogP contribution in [0.4, 0.5) is 5.13 Å². The normalized spacial score (nSPS) is 10.4. The van der Waals surface area contributed by atoms with E-state index in [1.165, 1.54) is 11.3 Å². The largest absolute Gasteiger partial charge is 0.484 e. The zero-order valence-corrected chi connectivity index (χ0v) is 18.3. The maximum Gasteiger partial charge on any atom is 0.266 e. The highest BCUT2D eigenvalue weighted by atomic mass is 35.5. The minimum Gasteiger partial charge on any atom is -0.484 e. The van der Waals surface area contributed by atoms with Crippen LogP contribution < -0.4 is 9.64 Å². The lowest BCUT2D eigenvalue weighted by Crippen LogP contribution is -2.36. The number of carbonyl (C=O) groups excluding carboxylic acids is 1. The summed E-state index contributed by atoms with van der Waals surface area (Å²) in [7, 11) is 4.06. The number of thiazole rings is 1. The first-order valence-electron chi connectivity index (χ1n) is 9.27. The van der Waals surface area contributed by atoms with Gasteiger partial charge in [-0.15, -0.1) is 23.7 Å². The summed E-state index contributed by atoms with van der Waals surface area (Å²) in [5, 5.41) is 2.70. The Labute approximate surface area is 182 Å². The van der Waals surface area contributed by atoms with E-state index in [0.29, 0.717) is 17.4 Å². The van der Waals surface area contributed by atoms with Crippen molar-refractivity contribution < 1.29 is 9.53 Å². The van der Waals surface area contributed by atoms with Gasteiger partial charge in [0.05, 0.1) is 5.69 Å². The molecule has 0 unspecified atom stereocenters. The molecule has 0 atom stereocenters. The number of benzene rings is 2. The van der Waals surface area contributed by atoms with Crippen molar-refractivity contribution >= 4 is 34.8 Å². The van der Waals surface area contributed by atoms with E-state index in [9.17, 15) is 4.79 Å². The van der Waals surface area contributed by atoms with Crippen LogP contribution in [0, 0.1) is 0 Å². The molecule has 1 amide bonds. The highest BCUT2D eigenvalue weighted by Crippen LogP contribution is 2.27. The van der Waals surface area contributed by atoms with Crippen LogP contribution in [0.3, 0.4) is 0 Å². The van der Waals surface area contributed by atoms with E-state index in [2.05, 4.69) is 4.90 Å². The van der Waals surface area contributed by atoms with Gasteiger partial charge in [-0.25, -0.2) is 4.98 Å². The maximum atomic E-state index is 12.9. The third-order valence-electron chi connectivity index (χ3n) is 4.19. The second-order valence-corrected chi connectivity index (χ2v) is 7.52. The molecule has 0 radical (unpaired) electrons. The van der Waals surface area contributed by atoms with Crippen molar-refractivity contribution in [1.29, 1.82) is 0 Å². The van der Waals surface area contributed by atoms with Crippen molar-refractivity contribution in [3.05, 3.63) is 66.0 Å².